The van der Waals surface area contributed by atoms with Crippen molar-refractivity contribution in [2.24, 2.45) is 7.05 Å². The first-order chi connectivity index (χ1) is 11.9. The quantitative estimate of drug-likeness (QED) is 0.796. The minimum absolute atomic E-state index is 0.00930. The van der Waals surface area contributed by atoms with E-state index < -0.39 is 0 Å². The Morgan fingerprint density at radius 3 is 2.44 bits per heavy atom. The molecule has 0 bridgehead atoms. The number of aryl methyl sites for hydroxylation is 3. The maximum atomic E-state index is 12.5. The van der Waals surface area contributed by atoms with Crippen molar-refractivity contribution in [2.75, 3.05) is 0 Å². The summed E-state index contributed by atoms with van der Waals surface area (Å²) < 4.78 is 3.08. The van der Waals surface area contributed by atoms with Crippen LogP contribution in [-0.2, 0) is 18.4 Å². The van der Waals surface area contributed by atoms with E-state index in [0.29, 0.717) is 0 Å². The minimum Gasteiger partial charge on any atom is -0.348 e. The molecule has 130 valence electrons. The molecular weight excluding hydrogens is 314 g/mol. The smallest absolute Gasteiger partial charge is 0.329 e. The number of aromatic nitrogens is 2. The van der Waals surface area contributed by atoms with Gasteiger partial charge in [-0.15, -0.1) is 0 Å². The number of carbonyl (C=O) groups excluding carboxylic acids is 1. The van der Waals surface area contributed by atoms with Gasteiger partial charge in [-0.25, -0.2) is 4.79 Å². The summed E-state index contributed by atoms with van der Waals surface area (Å²) in [7, 11) is 1.72. The summed E-state index contributed by atoms with van der Waals surface area (Å²) >= 11 is 0. The van der Waals surface area contributed by atoms with E-state index in [-0.39, 0.29) is 24.2 Å². The molecule has 25 heavy (non-hydrogen) atoms. The summed E-state index contributed by atoms with van der Waals surface area (Å²) in [4.78, 5) is 24.9. The van der Waals surface area contributed by atoms with Crippen LogP contribution in [0.4, 0.5) is 0 Å². The molecule has 1 aromatic heterocycles. The van der Waals surface area contributed by atoms with Crippen LogP contribution in [0.5, 0.6) is 0 Å². The highest BCUT2D eigenvalue weighted by molar-refractivity contribution is 5.81. The Morgan fingerprint density at radius 2 is 1.76 bits per heavy atom. The Bertz CT molecular complexity index is 998. The second kappa shape index (κ2) is 6.59. The molecule has 0 aliphatic carbocycles. The summed E-state index contributed by atoms with van der Waals surface area (Å²) in [5.74, 6) is -0.177. The molecule has 5 nitrogen and oxygen atoms in total. The minimum atomic E-state index is -0.185. The van der Waals surface area contributed by atoms with E-state index in [9.17, 15) is 9.59 Å². The highest BCUT2D eigenvalue weighted by Crippen LogP contribution is 2.17. The van der Waals surface area contributed by atoms with Gasteiger partial charge in [0.25, 0.3) is 0 Å². The molecule has 1 unspecified atom stereocenters. The van der Waals surface area contributed by atoms with E-state index in [4.69, 9.17) is 0 Å². The molecule has 0 radical (unpaired) electrons. The Kier molecular flexibility index (Phi) is 4.49. The molecule has 0 fully saturated rings. The van der Waals surface area contributed by atoms with Gasteiger partial charge in [-0.3, -0.25) is 13.9 Å². The molecule has 1 atom stereocenters. The van der Waals surface area contributed by atoms with Gasteiger partial charge >= 0.3 is 5.69 Å². The monoisotopic (exact) mass is 337 g/mol. The Labute approximate surface area is 146 Å². The van der Waals surface area contributed by atoms with Gasteiger partial charge < -0.3 is 5.32 Å². The van der Waals surface area contributed by atoms with Crippen LogP contribution in [0.3, 0.4) is 0 Å². The van der Waals surface area contributed by atoms with Crippen LogP contribution < -0.4 is 11.0 Å². The van der Waals surface area contributed by atoms with Crippen molar-refractivity contribution in [1.82, 2.24) is 14.5 Å². The SMILES string of the molecule is Cc1ccc(C(C)NC(=O)Cn2c(=O)n(C)c3ccccc32)cc1C. The molecule has 0 aliphatic heterocycles. The van der Waals surface area contributed by atoms with Gasteiger partial charge in [0, 0.05) is 7.05 Å². The first-order valence-electron chi connectivity index (χ1n) is 8.39. The summed E-state index contributed by atoms with van der Waals surface area (Å²) in [6.07, 6.45) is 0. The van der Waals surface area contributed by atoms with E-state index in [1.165, 1.54) is 15.7 Å². The number of fused-ring (bicyclic) bond motifs is 1. The number of nitrogens with zero attached hydrogens (tertiary/aromatic N) is 2. The number of rotatable bonds is 4. The summed E-state index contributed by atoms with van der Waals surface area (Å²) in [6, 6.07) is 13.5. The number of benzene rings is 2. The lowest BCUT2D eigenvalue weighted by Crippen LogP contribution is -2.34. The maximum Gasteiger partial charge on any atom is 0.329 e. The third kappa shape index (κ3) is 3.22. The fourth-order valence-electron chi connectivity index (χ4n) is 3.06. The lowest BCUT2D eigenvalue weighted by atomic mass is 10.0. The molecule has 5 heteroatoms. The van der Waals surface area contributed by atoms with E-state index in [2.05, 4.69) is 31.3 Å². The molecular formula is C20H23N3O2. The van der Waals surface area contributed by atoms with Crippen molar-refractivity contribution in [1.29, 1.82) is 0 Å². The lowest BCUT2D eigenvalue weighted by molar-refractivity contribution is -0.122. The van der Waals surface area contributed by atoms with Gasteiger partial charge in [0.1, 0.15) is 6.54 Å². The molecule has 1 N–H and O–H groups in total. The first-order valence-corrected chi connectivity index (χ1v) is 8.39. The third-order valence-corrected chi connectivity index (χ3v) is 4.76. The van der Waals surface area contributed by atoms with E-state index >= 15 is 0 Å². The standard InChI is InChI=1S/C20H23N3O2/c1-13-9-10-16(11-14(13)2)15(3)21-19(24)12-23-18-8-6-5-7-17(18)22(4)20(23)25/h5-11,15H,12H2,1-4H3,(H,21,24). The Morgan fingerprint density at radius 1 is 1.08 bits per heavy atom. The zero-order chi connectivity index (χ0) is 18.1. The Hall–Kier alpha value is -2.82. The molecule has 0 aliphatic rings. The molecule has 0 spiro atoms. The molecule has 2 aromatic carbocycles. The lowest BCUT2D eigenvalue weighted by Gasteiger charge is -2.16. The van der Waals surface area contributed by atoms with E-state index in [1.54, 1.807) is 11.6 Å². The third-order valence-electron chi connectivity index (χ3n) is 4.76. The van der Waals surface area contributed by atoms with Crippen LogP contribution in [0.25, 0.3) is 11.0 Å². The molecule has 0 saturated heterocycles. The van der Waals surface area contributed by atoms with Gasteiger partial charge in [0.05, 0.1) is 17.1 Å². The fourth-order valence-corrected chi connectivity index (χ4v) is 3.06. The fraction of sp³-hybridized carbons (Fsp3) is 0.300. The van der Waals surface area contributed by atoms with E-state index in [0.717, 1.165) is 16.6 Å². The number of nitrogens with one attached hydrogen (secondary N) is 1. The number of carbonyl (C=O) groups is 1. The molecule has 0 saturated carbocycles. The topological polar surface area (TPSA) is 56.0 Å². The van der Waals surface area contributed by atoms with Crippen LogP contribution in [0, 0.1) is 13.8 Å². The summed E-state index contributed by atoms with van der Waals surface area (Å²) in [6.45, 7) is 6.08. The van der Waals surface area contributed by atoms with Crippen molar-refractivity contribution >= 4 is 16.9 Å². The largest absolute Gasteiger partial charge is 0.348 e. The number of imidazole rings is 1. The molecule has 3 rings (SSSR count). The van der Waals surface area contributed by atoms with Gasteiger partial charge in [-0.05, 0) is 49.6 Å². The van der Waals surface area contributed by atoms with Crippen molar-refractivity contribution in [2.45, 2.75) is 33.4 Å². The van der Waals surface area contributed by atoms with Crippen LogP contribution in [0.15, 0.2) is 47.3 Å². The average Bonchev–Trinajstić information content (AvgIpc) is 2.82. The van der Waals surface area contributed by atoms with Crippen LogP contribution in [-0.4, -0.2) is 15.0 Å². The predicted octanol–water partition coefficient (Wildman–Crippen LogP) is 2.83. The maximum absolute atomic E-state index is 12.5. The number of amides is 1. The zero-order valence-electron chi connectivity index (χ0n) is 15.0. The second-order valence-electron chi connectivity index (χ2n) is 6.55. The summed E-state index contributed by atoms with van der Waals surface area (Å²) in [5, 5.41) is 2.98. The van der Waals surface area contributed by atoms with Crippen molar-refractivity contribution < 1.29 is 4.79 Å². The first kappa shape index (κ1) is 17.0. The normalized spacial score (nSPS) is 12.3. The van der Waals surface area contributed by atoms with Gasteiger partial charge in [-0.2, -0.15) is 0 Å². The highest BCUT2D eigenvalue weighted by atomic mass is 16.2. The van der Waals surface area contributed by atoms with Crippen LogP contribution in [0.2, 0.25) is 0 Å². The number of hydrogen-bond donors (Lipinski definition) is 1. The van der Waals surface area contributed by atoms with Crippen LogP contribution >= 0.6 is 0 Å². The van der Waals surface area contributed by atoms with Crippen molar-refractivity contribution in [3.8, 4) is 0 Å². The average molecular weight is 337 g/mol. The molecule has 1 amide bonds. The van der Waals surface area contributed by atoms with Gasteiger partial charge in [0.2, 0.25) is 5.91 Å². The van der Waals surface area contributed by atoms with Crippen molar-refractivity contribution in [3.63, 3.8) is 0 Å². The number of hydrogen-bond acceptors (Lipinski definition) is 2. The van der Waals surface area contributed by atoms with Crippen molar-refractivity contribution in [3.05, 3.63) is 69.6 Å². The van der Waals surface area contributed by atoms with Crippen LogP contribution in [0.1, 0.15) is 29.7 Å². The predicted molar refractivity (Wildman–Crippen MR) is 99.7 cm³/mol. The Balaban J connectivity index is 1.80. The van der Waals surface area contributed by atoms with Gasteiger partial charge in [0.15, 0.2) is 0 Å². The van der Waals surface area contributed by atoms with Gasteiger partial charge in [-0.1, -0.05) is 30.3 Å². The highest BCUT2D eigenvalue weighted by Gasteiger charge is 2.15. The zero-order valence-corrected chi connectivity index (χ0v) is 15.0. The van der Waals surface area contributed by atoms with E-state index in [1.807, 2.05) is 37.3 Å². The second-order valence-corrected chi connectivity index (χ2v) is 6.55. The molecule has 3 aromatic rings. The summed E-state index contributed by atoms with van der Waals surface area (Å²) in [5.41, 5.74) is 4.89. The molecule has 1 heterocycles. The number of para-hydroxylation sites is 2.